The number of nitrogens with one attached hydrogen (secondary N) is 1. The Balaban J connectivity index is 2.90. The predicted octanol–water partition coefficient (Wildman–Crippen LogP) is 4.36. The van der Waals surface area contributed by atoms with Crippen molar-refractivity contribution in [2.45, 2.75) is 26.3 Å². The lowest BCUT2D eigenvalue weighted by atomic mass is 10.1. The first kappa shape index (κ1) is 11.8. The highest BCUT2D eigenvalue weighted by Gasteiger charge is 2.18. The molecule has 1 aromatic carbocycles. The number of imidazole rings is 1. The summed E-state index contributed by atoms with van der Waals surface area (Å²) in [6, 6.07) is 3.21. The van der Waals surface area contributed by atoms with Gasteiger partial charge >= 0.3 is 0 Å². The first-order valence-corrected chi connectivity index (χ1v) is 6.11. The van der Waals surface area contributed by atoms with Crippen LogP contribution in [0.4, 0.5) is 4.39 Å². The fraction of sp³-hybridized carbons (Fsp3) is 0.364. The van der Waals surface area contributed by atoms with Crippen LogP contribution in [0.5, 0.6) is 0 Å². The number of hydrogen-bond donors (Lipinski definition) is 1. The summed E-state index contributed by atoms with van der Waals surface area (Å²) in [5.41, 5.74) is 1.46. The van der Waals surface area contributed by atoms with Crippen LogP contribution < -0.4 is 0 Å². The molecule has 0 atom stereocenters. The van der Waals surface area contributed by atoms with Crippen molar-refractivity contribution in [3.8, 4) is 0 Å². The molecule has 0 saturated carbocycles. The summed E-state index contributed by atoms with van der Waals surface area (Å²) in [5.74, 6) is -0.278. The van der Waals surface area contributed by atoms with Gasteiger partial charge in [0.2, 0.25) is 0 Å². The Hall–Kier alpha value is -0.680. The van der Waals surface area contributed by atoms with Crippen LogP contribution in [0.3, 0.4) is 0 Å². The molecule has 0 aliphatic rings. The first-order chi connectivity index (χ1) is 7.30. The maximum absolute atomic E-state index is 13.5. The molecule has 0 saturated heterocycles. The van der Waals surface area contributed by atoms with E-state index in [1.807, 2.05) is 25.3 Å². The lowest BCUT2D eigenvalue weighted by molar-refractivity contribution is 0.403. The fourth-order valence-electron chi connectivity index (χ4n) is 1.77. The topological polar surface area (TPSA) is 20.7 Å². The maximum atomic E-state index is 13.5. The van der Waals surface area contributed by atoms with Crippen molar-refractivity contribution in [3.63, 3.8) is 0 Å². The maximum Gasteiger partial charge on any atom is 0.178 e. The minimum absolute atomic E-state index is 0.171. The molecule has 0 fully saturated rings. The van der Waals surface area contributed by atoms with Crippen molar-refractivity contribution in [2.75, 3.05) is 0 Å². The van der Waals surface area contributed by atoms with Crippen molar-refractivity contribution in [2.24, 2.45) is 0 Å². The fourth-order valence-corrected chi connectivity index (χ4v) is 2.59. The SMILES string of the molecule is CC(C)(C)n1c(=S)[nH]c2cc(Br)c(F)cc21. The van der Waals surface area contributed by atoms with Gasteiger partial charge in [-0.25, -0.2) is 4.39 Å². The number of halogens is 2. The van der Waals surface area contributed by atoms with Crippen LogP contribution in [-0.2, 0) is 5.54 Å². The van der Waals surface area contributed by atoms with Crippen molar-refractivity contribution in [1.29, 1.82) is 0 Å². The second-order valence-corrected chi connectivity index (χ2v) is 5.96. The Morgan fingerprint density at radius 2 is 2.00 bits per heavy atom. The van der Waals surface area contributed by atoms with E-state index in [-0.39, 0.29) is 11.4 Å². The molecule has 1 aromatic heterocycles. The van der Waals surface area contributed by atoms with Gasteiger partial charge in [-0.15, -0.1) is 0 Å². The van der Waals surface area contributed by atoms with E-state index in [1.54, 1.807) is 6.07 Å². The summed E-state index contributed by atoms with van der Waals surface area (Å²) in [6.45, 7) is 6.11. The molecule has 1 heterocycles. The van der Waals surface area contributed by atoms with E-state index < -0.39 is 0 Å². The van der Waals surface area contributed by atoms with Crippen LogP contribution >= 0.6 is 28.1 Å². The van der Waals surface area contributed by atoms with Crippen LogP contribution in [0.2, 0.25) is 0 Å². The molecule has 0 spiro atoms. The van der Waals surface area contributed by atoms with E-state index in [0.29, 0.717) is 9.24 Å². The second kappa shape index (κ2) is 3.67. The van der Waals surface area contributed by atoms with E-state index in [0.717, 1.165) is 11.0 Å². The number of rotatable bonds is 0. The molecular formula is C11H12BrFN2S. The summed E-state index contributed by atoms with van der Waals surface area (Å²) < 4.78 is 16.5. The van der Waals surface area contributed by atoms with Crippen LogP contribution in [-0.4, -0.2) is 9.55 Å². The molecule has 86 valence electrons. The van der Waals surface area contributed by atoms with Crippen molar-refractivity contribution in [1.82, 2.24) is 9.55 Å². The number of nitrogens with zero attached hydrogens (tertiary/aromatic N) is 1. The van der Waals surface area contributed by atoms with Gasteiger partial charge in [-0.3, -0.25) is 0 Å². The third-order valence-corrected chi connectivity index (χ3v) is 3.29. The zero-order valence-electron chi connectivity index (χ0n) is 9.27. The number of aromatic nitrogens is 2. The molecule has 2 aromatic rings. The summed E-state index contributed by atoms with van der Waals surface area (Å²) in [4.78, 5) is 3.08. The van der Waals surface area contributed by atoms with Crippen molar-refractivity contribution < 1.29 is 4.39 Å². The minimum atomic E-state index is -0.278. The first-order valence-electron chi connectivity index (χ1n) is 4.91. The number of hydrogen-bond acceptors (Lipinski definition) is 1. The second-order valence-electron chi connectivity index (χ2n) is 4.72. The molecule has 1 N–H and O–H groups in total. The van der Waals surface area contributed by atoms with Crippen LogP contribution in [0, 0.1) is 10.6 Å². The summed E-state index contributed by atoms with van der Waals surface area (Å²) in [5, 5.41) is 0. The van der Waals surface area contributed by atoms with Crippen molar-refractivity contribution >= 4 is 39.2 Å². The Morgan fingerprint density at radius 1 is 1.38 bits per heavy atom. The smallest absolute Gasteiger partial charge is 0.178 e. The van der Waals surface area contributed by atoms with E-state index in [4.69, 9.17) is 12.2 Å². The van der Waals surface area contributed by atoms with E-state index >= 15 is 0 Å². The molecule has 0 radical (unpaired) electrons. The molecule has 2 nitrogen and oxygen atoms in total. The molecule has 0 aliphatic carbocycles. The third kappa shape index (κ3) is 1.82. The highest BCUT2D eigenvalue weighted by molar-refractivity contribution is 9.10. The van der Waals surface area contributed by atoms with Gasteiger partial charge in [0.1, 0.15) is 5.82 Å². The lowest BCUT2D eigenvalue weighted by Crippen LogP contribution is -2.21. The van der Waals surface area contributed by atoms with Gasteiger partial charge in [-0.05, 0) is 55.0 Å². The van der Waals surface area contributed by atoms with E-state index in [1.165, 1.54) is 6.07 Å². The zero-order valence-corrected chi connectivity index (χ0v) is 11.7. The molecular weight excluding hydrogens is 291 g/mol. The van der Waals surface area contributed by atoms with Crippen LogP contribution in [0.25, 0.3) is 11.0 Å². The molecule has 0 amide bonds. The van der Waals surface area contributed by atoms with E-state index in [9.17, 15) is 4.39 Å². The molecule has 2 rings (SSSR count). The normalized spacial score (nSPS) is 12.3. The molecule has 0 unspecified atom stereocenters. The number of aromatic amines is 1. The third-order valence-electron chi connectivity index (χ3n) is 2.40. The lowest BCUT2D eigenvalue weighted by Gasteiger charge is -2.21. The average Bonchev–Trinajstić information content (AvgIpc) is 2.40. The monoisotopic (exact) mass is 302 g/mol. The molecule has 5 heteroatoms. The Labute approximate surface area is 107 Å². The molecule has 0 aliphatic heterocycles. The van der Waals surface area contributed by atoms with Gasteiger partial charge in [0.15, 0.2) is 4.77 Å². The zero-order chi connectivity index (χ0) is 12.1. The average molecular weight is 303 g/mol. The van der Waals surface area contributed by atoms with Gasteiger partial charge in [0.05, 0.1) is 15.5 Å². The summed E-state index contributed by atoms with van der Waals surface area (Å²) in [7, 11) is 0. The Bertz CT molecular complexity index is 607. The van der Waals surface area contributed by atoms with Gasteiger partial charge in [0.25, 0.3) is 0 Å². The molecule has 0 bridgehead atoms. The summed E-state index contributed by atoms with van der Waals surface area (Å²) in [6.07, 6.45) is 0. The van der Waals surface area contributed by atoms with Gasteiger partial charge in [-0.2, -0.15) is 0 Å². The van der Waals surface area contributed by atoms with E-state index in [2.05, 4.69) is 20.9 Å². The largest absolute Gasteiger partial charge is 0.331 e. The van der Waals surface area contributed by atoms with Gasteiger partial charge < -0.3 is 9.55 Å². The predicted molar refractivity (Wildman–Crippen MR) is 69.8 cm³/mol. The number of benzene rings is 1. The van der Waals surface area contributed by atoms with Gasteiger partial charge in [-0.1, -0.05) is 0 Å². The molecule has 16 heavy (non-hydrogen) atoms. The Morgan fingerprint density at radius 3 is 2.56 bits per heavy atom. The number of fused-ring (bicyclic) bond motifs is 1. The Kier molecular flexibility index (Phi) is 2.70. The van der Waals surface area contributed by atoms with Crippen molar-refractivity contribution in [3.05, 3.63) is 27.2 Å². The highest BCUT2D eigenvalue weighted by Crippen LogP contribution is 2.27. The standard InChI is InChI=1S/C11H12BrFN2S/c1-11(2,3)15-9-5-7(13)6(12)4-8(9)14-10(15)16/h4-5H,1-3H3,(H,14,16). The quantitative estimate of drug-likeness (QED) is 0.717. The van der Waals surface area contributed by atoms with Gasteiger partial charge in [0, 0.05) is 11.6 Å². The number of H-pyrrole nitrogens is 1. The summed E-state index contributed by atoms with van der Waals surface area (Å²) >= 11 is 8.42. The highest BCUT2D eigenvalue weighted by atomic mass is 79.9. The van der Waals surface area contributed by atoms with Crippen LogP contribution in [0.15, 0.2) is 16.6 Å². The van der Waals surface area contributed by atoms with Crippen LogP contribution in [0.1, 0.15) is 20.8 Å². The minimum Gasteiger partial charge on any atom is -0.331 e.